The van der Waals surface area contributed by atoms with Crippen molar-refractivity contribution >= 4 is 9.84 Å². The third-order valence-electron chi connectivity index (χ3n) is 5.38. The van der Waals surface area contributed by atoms with E-state index in [1.165, 1.54) is 6.07 Å². The number of aromatic nitrogens is 3. The molecular weight excluding hydrogens is 429 g/mol. The van der Waals surface area contributed by atoms with Crippen molar-refractivity contribution < 1.29 is 21.6 Å². The second kappa shape index (κ2) is 8.43. The van der Waals surface area contributed by atoms with Crippen molar-refractivity contribution in [3.05, 3.63) is 72.1 Å². The van der Waals surface area contributed by atoms with Crippen LogP contribution >= 0.6 is 0 Å². The summed E-state index contributed by atoms with van der Waals surface area (Å²) in [5.74, 6) is -0.273. The quantitative estimate of drug-likeness (QED) is 0.574. The van der Waals surface area contributed by atoms with E-state index in [1.807, 2.05) is 24.3 Å². The monoisotopic (exact) mass is 450 g/mol. The number of hydrogen-bond acceptors (Lipinski definition) is 5. The van der Waals surface area contributed by atoms with Crippen LogP contribution in [-0.2, 0) is 22.6 Å². The van der Waals surface area contributed by atoms with E-state index >= 15 is 0 Å². The Hall–Kier alpha value is -2.72. The molecular formula is C21H21F3N4O2S. The Morgan fingerprint density at radius 3 is 2.55 bits per heavy atom. The SMILES string of the molecule is O=S(=O)(C[C@@H]1CCN(Cc2ccc(-n3ccnn3)cc2)C1)c1cccc(C(F)(F)F)c1. The molecule has 0 amide bonds. The first-order valence-corrected chi connectivity index (χ1v) is 11.4. The lowest BCUT2D eigenvalue weighted by Gasteiger charge is -2.17. The van der Waals surface area contributed by atoms with Crippen molar-refractivity contribution in [2.45, 2.75) is 24.0 Å². The molecule has 0 aliphatic carbocycles. The van der Waals surface area contributed by atoms with E-state index in [1.54, 1.807) is 17.1 Å². The molecule has 1 aliphatic heterocycles. The Kier molecular flexibility index (Phi) is 5.85. The lowest BCUT2D eigenvalue weighted by molar-refractivity contribution is -0.137. The fourth-order valence-corrected chi connectivity index (χ4v) is 5.50. The molecule has 4 rings (SSSR count). The third-order valence-corrected chi connectivity index (χ3v) is 7.26. The molecule has 1 atom stereocenters. The maximum atomic E-state index is 12.9. The summed E-state index contributed by atoms with van der Waals surface area (Å²) < 4.78 is 65.8. The average molecular weight is 450 g/mol. The van der Waals surface area contributed by atoms with Crippen molar-refractivity contribution in [3.63, 3.8) is 0 Å². The number of alkyl halides is 3. The molecule has 1 saturated heterocycles. The fraction of sp³-hybridized carbons (Fsp3) is 0.333. The molecule has 0 spiro atoms. The van der Waals surface area contributed by atoms with E-state index in [2.05, 4.69) is 15.2 Å². The van der Waals surface area contributed by atoms with E-state index in [9.17, 15) is 21.6 Å². The number of halogens is 3. The number of rotatable bonds is 6. The minimum absolute atomic E-state index is 0.117. The highest BCUT2D eigenvalue weighted by atomic mass is 32.2. The summed E-state index contributed by atoms with van der Waals surface area (Å²) in [4.78, 5) is 1.89. The second-order valence-corrected chi connectivity index (χ2v) is 9.75. The molecule has 0 radical (unpaired) electrons. The van der Waals surface area contributed by atoms with E-state index in [0.717, 1.165) is 36.0 Å². The Balaban J connectivity index is 1.37. The van der Waals surface area contributed by atoms with Gasteiger partial charge in [-0.2, -0.15) is 13.2 Å². The van der Waals surface area contributed by atoms with Gasteiger partial charge in [-0.15, -0.1) is 5.10 Å². The van der Waals surface area contributed by atoms with Crippen LogP contribution in [0, 0.1) is 5.92 Å². The van der Waals surface area contributed by atoms with Gasteiger partial charge in [0.05, 0.1) is 34.3 Å². The van der Waals surface area contributed by atoms with Crippen LogP contribution in [0.5, 0.6) is 0 Å². The minimum Gasteiger partial charge on any atom is -0.299 e. The number of nitrogens with zero attached hydrogens (tertiary/aromatic N) is 4. The second-order valence-electron chi connectivity index (χ2n) is 7.71. The molecule has 0 bridgehead atoms. The Bertz CT molecular complexity index is 1130. The smallest absolute Gasteiger partial charge is 0.299 e. The van der Waals surface area contributed by atoms with Crippen LogP contribution in [0.2, 0.25) is 0 Å². The molecule has 0 unspecified atom stereocenters. The summed E-state index contributed by atoms with van der Waals surface area (Å²) in [7, 11) is -3.80. The summed E-state index contributed by atoms with van der Waals surface area (Å²) >= 11 is 0. The van der Waals surface area contributed by atoms with E-state index < -0.39 is 21.6 Å². The summed E-state index contributed by atoms with van der Waals surface area (Å²) in [6.07, 6.45) is -0.523. The number of hydrogen-bond donors (Lipinski definition) is 0. The lowest BCUT2D eigenvalue weighted by atomic mass is 10.1. The molecule has 2 heterocycles. The molecule has 31 heavy (non-hydrogen) atoms. The largest absolute Gasteiger partial charge is 0.416 e. The van der Waals surface area contributed by atoms with Gasteiger partial charge < -0.3 is 0 Å². The van der Waals surface area contributed by atoms with Crippen LogP contribution < -0.4 is 0 Å². The zero-order valence-corrected chi connectivity index (χ0v) is 17.4. The third kappa shape index (κ3) is 5.13. The number of sulfone groups is 1. The summed E-state index contributed by atoms with van der Waals surface area (Å²) in [5.41, 5.74) is 1.04. The zero-order chi connectivity index (χ0) is 22.1. The molecule has 2 aromatic carbocycles. The maximum Gasteiger partial charge on any atom is 0.416 e. The Labute approximate surface area is 178 Å². The molecule has 3 aromatic rings. The van der Waals surface area contributed by atoms with Gasteiger partial charge in [0.1, 0.15) is 0 Å². The highest BCUT2D eigenvalue weighted by molar-refractivity contribution is 7.91. The molecule has 1 fully saturated rings. The summed E-state index contributed by atoms with van der Waals surface area (Å²) in [5, 5.41) is 7.72. The van der Waals surface area contributed by atoms with Gasteiger partial charge in [0, 0.05) is 13.1 Å². The van der Waals surface area contributed by atoms with Crippen molar-refractivity contribution in [3.8, 4) is 5.69 Å². The van der Waals surface area contributed by atoms with Gasteiger partial charge in [0.2, 0.25) is 0 Å². The van der Waals surface area contributed by atoms with Gasteiger partial charge in [-0.3, -0.25) is 4.90 Å². The van der Waals surface area contributed by atoms with Crippen LogP contribution in [0.4, 0.5) is 13.2 Å². The van der Waals surface area contributed by atoms with Gasteiger partial charge in [0.25, 0.3) is 0 Å². The standard InChI is InChI=1S/C21H21F3N4O2S/c22-21(23,24)18-2-1-3-20(12-18)31(29,30)15-17-8-10-27(14-17)13-16-4-6-19(7-5-16)28-11-9-25-26-28/h1-7,9,11-12,17H,8,10,13-15H2/t17-/m1/s1. The first kappa shape index (κ1) is 21.5. The van der Waals surface area contributed by atoms with E-state index in [-0.39, 0.29) is 16.6 Å². The highest BCUT2D eigenvalue weighted by Crippen LogP contribution is 2.31. The zero-order valence-electron chi connectivity index (χ0n) is 16.5. The van der Waals surface area contributed by atoms with Crippen molar-refractivity contribution in [1.82, 2.24) is 19.9 Å². The highest BCUT2D eigenvalue weighted by Gasteiger charge is 2.33. The average Bonchev–Trinajstić information content (AvgIpc) is 3.40. The predicted molar refractivity (Wildman–Crippen MR) is 108 cm³/mol. The van der Waals surface area contributed by atoms with Gasteiger partial charge in [-0.05, 0) is 54.8 Å². The molecule has 0 saturated carbocycles. The predicted octanol–water partition coefficient (Wildman–Crippen LogP) is 3.58. The van der Waals surface area contributed by atoms with Crippen LogP contribution in [-0.4, -0.2) is 47.2 Å². The summed E-state index contributed by atoms with van der Waals surface area (Å²) in [6, 6.07) is 11.8. The molecule has 6 nitrogen and oxygen atoms in total. The number of benzene rings is 2. The first-order chi connectivity index (χ1) is 14.7. The normalized spacial score (nSPS) is 17.8. The Morgan fingerprint density at radius 1 is 1.10 bits per heavy atom. The Morgan fingerprint density at radius 2 is 1.87 bits per heavy atom. The van der Waals surface area contributed by atoms with Gasteiger partial charge in [-0.25, -0.2) is 13.1 Å². The molecule has 1 aliphatic rings. The van der Waals surface area contributed by atoms with Crippen molar-refractivity contribution in [2.75, 3.05) is 18.8 Å². The van der Waals surface area contributed by atoms with Crippen LogP contribution in [0.3, 0.4) is 0 Å². The van der Waals surface area contributed by atoms with Crippen LogP contribution in [0.15, 0.2) is 65.8 Å². The molecule has 0 N–H and O–H groups in total. The fourth-order valence-electron chi connectivity index (χ4n) is 3.82. The van der Waals surface area contributed by atoms with E-state index in [4.69, 9.17) is 0 Å². The first-order valence-electron chi connectivity index (χ1n) is 9.79. The minimum atomic E-state index is -4.57. The summed E-state index contributed by atoms with van der Waals surface area (Å²) in [6.45, 7) is 2.01. The lowest BCUT2D eigenvalue weighted by Crippen LogP contribution is -2.23. The topological polar surface area (TPSA) is 68.1 Å². The van der Waals surface area contributed by atoms with Crippen LogP contribution in [0.25, 0.3) is 5.69 Å². The molecule has 164 valence electrons. The van der Waals surface area contributed by atoms with Crippen molar-refractivity contribution in [1.29, 1.82) is 0 Å². The van der Waals surface area contributed by atoms with Gasteiger partial charge in [0.15, 0.2) is 9.84 Å². The van der Waals surface area contributed by atoms with Gasteiger partial charge in [-0.1, -0.05) is 23.4 Å². The number of likely N-dealkylation sites (tertiary alicyclic amines) is 1. The molecule has 10 heteroatoms. The van der Waals surface area contributed by atoms with Crippen LogP contribution in [0.1, 0.15) is 17.5 Å². The van der Waals surface area contributed by atoms with Crippen molar-refractivity contribution in [2.24, 2.45) is 5.92 Å². The van der Waals surface area contributed by atoms with Gasteiger partial charge >= 0.3 is 6.18 Å². The maximum absolute atomic E-state index is 12.9. The van der Waals surface area contributed by atoms with E-state index in [0.29, 0.717) is 19.5 Å². The molecule has 1 aromatic heterocycles.